The maximum Gasteiger partial charge on any atom is 0.0715 e. The maximum absolute atomic E-state index is 9.27. The molecule has 0 saturated heterocycles. The number of aromatic nitrogens is 2. The zero-order valence-corrected chi connectivity index (χ0v) is 10.5. The third-order valence-electron chi connectivity index (χ3n) is 2.68. The van der Waals surface area contributed by atoms with Crippen molar-refractivity contribution in [1.82, 2.24) is 9.78 Å². The predicted octanol–water partition coefficient (Wildman–Crippen LogP) is 2.97. The molecule has 4 heteroatoms. The highest BCUT2D eigenvalue weighted by molar-refractivity contribution is 6.30. The number of hydrogen-bond donors (Lipinski definition) is 1. The minimum atomic E-state index is 0.0307. The summed E-state index contributed by atoms with van der Waals surface area (Å²) in [4.78, 5) is 0. The Morgan fingerprint density at radius 1 is 1.29 bits per heavy atom. The standard InChI is InChI=1S/C13H15ClN2O/c1-2-3-13-10(9-17)8-15-16(13)12-6-4-11(14)5-7-12/h4-8,17H,2-3,9H2,1H3. The molecule has 1 aromatic heterocycles. The summed E-state index contributed by atoms with van der Waals surface area (Å²) in [7, 11) is 0. The van der Waals surface area contributed by atoms with Crippen molar-refractivity contribution in [3.63, 3.8) is 0 Å². The molecule has 0 atom stereocenters. The first kappa shape index (κ1) is 12.1. The van der Waals surface area contributed by atoms with Crippen LogP contribution < -0.4 is 0 Å². The van der Waals surface area contributed by atoms with Crippen LogP contribution in [0.3, 0.4) is 0 Å². The summed E-state index contributed by atoms with van der Waals surface area (Å²) in [6.07, 6.45) is 3.64. The first-order valence-electron chi connectivity index (χ1n) is 5.68. The molecule has 90 valence electrons. The van der Waals surface area contributed by atoms with E-state index in [9.17, 15) is 5.11 Å². The quantitative estimate of drug-likeness (QED) is 0.906. The Kier molecular flexibility index (Phi) is 3.82. The number of hydrogen-bond acceptors (Lipinski definition) is 2. The highest BCUT2D eigenvalue weighted by atomic mass is 35.5. The lowest BCUT2D eigenvalue weighted by molar-refractivity contribution is 0.280. The van der Waals surface area contributed by atoms with E-state index in [0.717, 1.165) is 29.8 Å². The van der Waals surface area contributed by atoms with Gasteiger partial charge >= 0.3 is 0 Å². The summed E-state index contributed by atoms with van der Waals surface area (Å²) < 4.78 is 1.87. The van der Waals surface area contributed by atoms with Crippen LogP contribution in [-0.2, 0) is 13.0 Å². The molecule has 0 unspecified atom stereocenters. The van der Waals surface area contributed by atoms with Crippen molar-refractivity contribution in [2.45, 2.75) is 26.4 Å². The molecule has 0 bridgehead atoms. The van der Waals surface area contributed by atoms with Crippen LogP contribution in [0.2, 0.25) is 5.02 Å². The zero-order valence-electron chi connectivity index (χ0n) is 9.73. The molecule has 0 aliphatic rings. The first-order valence-corrected chi connectivity index (χ1v) is 6.06. The van der Waals surface area contributed by atoms with Crippen molar-refractivity contribution in [3.05, 3.63) is 46.7 Å². The molecule has 0 aliphatic heterocycles. The van der Waals surface area contributed by atoms with Crippen LogP contribution in [0.25, 0.3) is 5.69 Å². The van der Waals surface area contributed by atoms with E-state index in [4.69, 9.17) is 11.6 Å². The fourth-order valence-electron chi connectivity index (χ4n) is 1.85. The number of aliphatic hydroxyl groups excluding tert-OH is 1. The Bertz CT molecular complexity index is 491. The smallest absolute Gasteiger partial charge is 0.0715 e. The van der Waals surface area contributed by atoms with Crippen molar-refractivity contribution >= 4 is 11.6 Å². The molecular formula is C13H15ClN2O. The van der Waals surface area contributed by atoms with Gasteiger partial charge in [0.15, 0.2) is 0 Å². The third kappa shape index (κ3) is 2.51. The second-order valence-corrected chi connectivity index (χ2v) is 4.35. The molecule has 2 aromatic rings. The van der Waals surface area contributed by atoms with Gasteiger partial charge in [-0.25, -0.2) is 4.68 Å². The molecule has 1 heterocycles. The Morgan fingerprint density at radius 3 is 2.59 bits per heavy atom. The van der Waals surface area contributed by atoms with Crippen molar-refractivity contribution in [1.29, 1.82) is 0 Å². The van der Waals surface area contributed by atoms with Gasteiger partial charge in [0.25, 0.3) is 0 Å². The normalized spacial score (nSPS) is 10.8. The van der Waals surface area contributed by atoms with E-state index in [-0.39, 0.29) is 6.61 Å². The SMILES string of the molecule is CCCc1c(CO)cnn1-c1ccc(Cl)cc1. The van der Waals surface area contributed by atoms with Crippen LogP contribution in [0.1, 0.15) is 24.6 Å². The van der Waals surface area contributed by atoms with E-state index >= 15 is 0 Å². The Morgan fingerprint density at radius 2 is 2.00 bits per heavy atom. The molecule has 0 radical (unpaired) electrons. The van der Waals surface area contributed by atoms with Gasteiger partial charge in [0.1, 0.15) is 0 Å². The summed E-state index contributed by atoms with van der Waals surface area (Å²) in [5.74, 6) is 0. The second kappa shape index (κ2) is 5.34. The topological polar surface area (TPSA) is 38.1 Å². The Hall–Kier alpha value is -1.32. The number of rotatable bonds is 4. The molecular weight excluding hydrogens is 236 g/mol. The Labute approximate surface area is 106 Å². The van der Waals surface area contributed by atoms with E-state index < -0.39 is 0 Å². The Balaban J connectivity index is 2.43. The predicted molar refractivity (Wildman–Crippen MR) is 68.5 cm³/mol. The molecule has 0 aliphatic carbocycles. The molecule has 0 spiro atoms. The number of halogens is 1. The molecule has 0 saturated carbocycles. The molecule has 2 rings (SSSR count). The van der Waals surface area contributed by atoms with Gasteiger partial charge in [-0.15, -0.1) is 0 Å². The molecule has 0 amide bonds. The van der Waals surface area contributed by atoms with Crippen molar-refractivity contribution in [2.24, 2.45) is 0 Å². The van der Waals surface area contributed by atoms with Gasteiger partial charge in [0, 0.05) is 16.3 Å². The zero-order chi connectivity index (χ0) is 12.3. The van der Waals surface area contributed by atoms with Crippen LogP contribution in [-0.4, -0.2) is 14.9 Å². The lowest BCUT2D eigenvalue weighted by Crippen LogP contribution is -2.03. The number of benzene rings is 1. The summed E-state index contributed by atoms with van der Waals surface area (Å²) in [5, 5.41) is 14.3. The van der Waals surface area contributed by atoms with Gasteiger partial charge in [-0.2, -0.15) is 5.10 Å². The molecule has 0 fully saturated rings. The summed E-state index contributed by atoms with van der Waals surface area (Å²) in [6.45, 7) is 2.14. The van der Waals surface area contributed by atoms with Gasteiger partial charge in [-0.3, -0.25) is 0 Å². The van der Waals surface area contributed by atoms with Gasteiger partial charge in [0.2, 0.25) is 0 Å². The van der Waals surface area contributed by atoms with E-state index in [1.54, 1.807) is 6.20 Å². The molecule has 1 N–H and O–H groups in total. The fourth-order valence-corrected chi connectivity index (χ4v) is 1.97. The summed E-state index contributed by atoms with van der Waals surface area (Å²) in [6, 6.07) is 7.53. The highest BCUT2D eigenvalue weighted by Gasteiger charge is 2.10. The third-order valence-corrected chi connectivity index (χ3v) is 2.94. The van der Waals surface area contributed by atoms with Crippen LogP contribution >= 0.6 is 11.6 Å². The van der Waals surface area contributed by atoms with Gasteiger partial charge < -0.3 is 5.11 Å². The summed E-state index contributed by atoms with van der Waals surface area (Å²) in [5.41, 5.74) is 2.93. The highest BCUT2D eigenvalue weighted by Crippen LogP contribution is 2.18. The van der Waals surface area contributed by atoms with Gasteiger partial charge in [-0.1, -0.05) is 24.9 Å². The average molecular weight is 251 g/mol. The van der Waals surface area contributed by atoms with Crippen molar-refractivity contribution in [2.75, 3.05) is 0 Å². The van der Waals surface area contributed by atoms with Crippen LogP contribution in [0.15, 0.2) is 30.5 Å². The minimum Gasteiger partial charge on any atom is -0.392 e. The first-order chi connectivity index (χ1) is 8.26. The fraction of sp³-hybridized carbons (Fsp3) is 0.308. The maximum atomic E-state index is 9.27. The number of aliphatic hydroxyl groups is 1. The van der Waals surface area contributed by atoms with Gasteiger partial charge in [0.05, 0.1) is 18.5 Å². The average Bonchev–Trinajstić information content (AvgIpc) is 2.74. The van der Waals surface area contributed by atoms with Crippen molar-refractivity contribution < 1.29 is 5.11 Å². The largest absolute Gasteiger partial charge is 0.392 e. The lowest BCUT2D eigenvalue weighted by atomic mass is 10.1. The van der Waals surface area contributed by atoms with Crippen LogP contribution in [0, 0.1) is 0 Å². The van der Waals surface area contributed by atoms with Gasteiger partial charge in [-0.05, 0) is 30.7 Å². The van der Waals surface area contributed by atoms with Crippen molar-refractivity contribution in [3.8, 4) is 5.69 Å². The minimum absolute atomic E-state index is 0.0307. The molecule has 3 nitrogen and oxygen atoms in total. The van der Waals surface area contributed by atoms with E-state index in [0.29, 0.717) is 5.02 Å². The second-order valence-electron chi connectivity index (χ2n) is 3.91. The van der Waals surface area contributed by atoms with E-state index in [1.165, 1.54) is 0 Å². The molecule has 17 heavy (non-hydrogen) atoms. The monoisotopic (exact) mass is 250 g/mol. The van der Waals surface area contributed by atoms with Crippen LogP contribution in [0.5, 0.6) is 0 Å². The van der Waals surface area contributed by atoms with E-state index in [2.05, 4.69) is 12.0 Å². The van der Waals surface area contributed by atoms with E-state index in [1.807, 2.05) is 28.9 Å². The molecule has 1 aromatic carbocycles. The van der Waals surface area contributed by atoms with Crippen LogP contribution in [0.4, 0.5) is 0 Å². The number of nitrogens with zero attached hydrogens (tertiary/aromatic N) is 2. The lowest BCUT2D eigenvalue weighted by Gasteiger charge is -2.08. The summed E-state index contributed by atoms with van der Waals surface area (Å²) >= 11 is 5.86.